The predicted octanol–water partition coefficient (Wildman–Crippen LogP) is 1.54. The highest BCUT2D eigenvalue weighted by Crippen LogP contribution is 2.02. The van der Waals surface area contributed by atoms with Gasteiger partial charge in [-0.2, -0.15) is 0 Å². The average molecular weight is 165 g/mol. The van der Waals surface area contributed by atoms with E-state index < -0.39 is 0 Å². The lowest BCUT2D eigenvalue weighted by Gasteiger charge is -1.76. The number of aryl methyl sites for hydroxylation is 1. The molecule has 3 nitrogen and oxygen atoms in total. The summed E-state index contributed by atoms with van der Waals surface area (Å²) in [6.07, 6.45) is 7.00. The van der Waals surface area contributed by atoms with Gasteiger partial charge in [-0.3, -0.25) is 0 Å². The Balaban J connectivity index is 2.51. The molecule has 0 aliphatic carbocycles. The fourth-order valence-corrected chi connectivity index (χ4v) is 0.758. The second kappa shape index (κ2) is 4.51. The van der Waals surface area contributed by atoms with Crippen molar-refractivity contribution in [2.75, 3.05) is 6.61 Å². The SMILES string of the molecule is Cc1cc(/C=C/C=C/CO)no1. The van der Waals surface area contributed by atoms with E-state index in [9.17, 15) is 0 Å². The molecule has 64 valence electrons. The van der Waals surface area contributed by atoms with Crippen molar-refractivity contribution < 1.29 is 9.63 Å². The molecule has 0 spiro atoms. The van der Waals surface area contributed by atoms with E-state index in [-0.39, 0.29) is 6.61 Å². The minimum absolute atomic E-state index is 0.0577. The molecule has 0 aliphatic heterocycles. The number of hydrogen-bond donors (Lipinski definition) is 1. The van der Waals surface area contributed by atoms with Gasteiger partial charge in [0.1, 0.15) is 11.5 Å². The van der Waals surface area contributed by atoms with Crippen LogP contribution in [0.4, 0.5) is 0 Å². The van der Waals surface area contributed by atoms with E-state index in [0.29, 0.717) is 0 Å². The molecule has 1 aromatic heterocycles. The normalized spacial score (nSPS) is 11.8. The number of aliphatic hydroxyl groups is 1. The lowest BCUT2D eigenvalue weighted by Crippen LogP contribution is -1.69. The molecule has 12 heavy (non-hydrogen) atoms. The summed E-state index contributed by atoms with van der Waals surface area (Å²) in [6.45, 7) is 1.90. The molecule has 1 heterocycles. The second-order valence-corrected chi connectivity index (χ2v) is 2.33. The molecule has 1 aromatic rings. The quantitative estimate of drug-likeness (QED) is 0.691. The number of nitrogens with zero attached hydrogens (tertiary/aromatic N) is 1. The molecular weight excluding hydrogens is 154 g/mol. The Morgan fingerprint density at radius 1 is 1.58 bits per heavy atom. The van der Waals surface area contributed by atoms with Gasteiger partial charge in [0.05, 0.1) is 6.61 Å². The van der Waals surface area contributed by atoms with Crippen LogP contribution in [0.5, 0.6) is 0 Å². The molecule has 0 fully saturated rings. The summed E-state index contributed by atoms with van der Waals surface area (Å²) in [5.74, 6) is 0.792. The topological polar surface area (TPSA) is 46.3 Å². The third kappa shape index (κ3) is 2.72. The maximum atomic E-state index is 8.41. The van der Waals surface area contributed by atoms with E-state index in [4.69, 9.17) is 9.63 Å². The van der Waals surface area contributed by atoms with Crippen LogP contribution in [0.2, 0.25) is 0 Å². The Morgan fingerprint density at radius 2 is 2.42 bits per heavy atom. The highest BCUT2D eigenvalue weighted by molar-refractivity contribution is 5.46. The van der Waals surface area contributed by atoms with Gasteiger partial charge in [0.15, 0.2) is 0 Å². The average Bonchev–Trinajstić information content (AvgIpc) is 2.45. The van der Waals surface area contributed by atoms with Gasteiger partial charge in [-0.1, -0.05) is 23.4 Å². The van der Waals surface area contributed by atoms with Crippen LogP contribution in [0.3, 0.4) is 0 Å². The first-order valence-corrected chi connectivity index (χ1v) is 3.70. The summed E-state index contributed by atoms with van der Waals surface area (Å²) in [4.78, 5) is 0. The van der Waals surface area contributed by atoms with Gasteiger partial charge in [0.25, 0.3) is 0 Å². The van der Waals surface area contributed by atoms with E-state index in [0.717, 1.165) is 11.5 Å². The van der Waals surface area contributed by atoms with Crippen molar-refractivity contribution in [3.8, 4) is 0 Å². The first-order valence-electron chi connectivity index (χ1n) is 3.70. The molecule has 0 radical (unpaired) electrons. The van der Waals surface area contributed by atoms with Crippen LogP contribution in [0.1, 0.15) is 11.5 Å². The Hall–Kier alpha value is -1.35. The van der Waals surface area contributed by atoms with Crippen LogP contribution in [0.25, 0.3) is 6.08 Å². The zero-order chi connectivity index (χ0) is 8.81. The van der Waals surface area contributed by atoms with E-state index in [1.54, 1.807) is 18.2 Å². The van der Waals surface area contributed by atoms with Crippen molar-refractivity contribution in [3.63, 3.8) is 0 Å². The molecule has 1 N–H and O–H groups in total. The van der Waals surface area contributed by atoms with Crippen molar-refractivity contribution in [3.05, 3.63) is 35.7 Å². The zero-order valence-corrected chi connectivity index (χ0v) is 6.90. The lowest BCUT2D eigenvalue weighted by molar-refractivity contribution is 0.343. The first kappa shape index (κ1) is 8.74. The number of allylic oxidation sites excluding steroid dienone is 2. The van der Waals surface area contributed by atoms with Gasteiger partial charge in [-0.05, 0) is 13.0 Å². The van der Waals surface area contributed by atoms with Crippen molar-refractivity contribution in [2.45, 2.75) is 6.92 Å². The van der Waals surface area contributed by atoms with Crippen molar-refractivity contribution in [2.24, 2.45) is 0 Å². The van der Waals surface area contributed by atoms with Crippen molar-refractivity contribution >= 4 is 6.08 Å². The summed E-state index contributed by atoms with van der Waals surface area (Å²) in [7, 11) is 0. The molecule has 0 bridgehead atoms. The maximum absolute atomic E-state index is 8.41. The van der Waals surface area contributed by atoms with Gasteiger partial charge < -0.3 is 9.63 Å². The Kier molecular flexibility index (Phi) is 3.29. The minimum atomic E-state index is 0.0577. The zero-order valence-electron chi connectivity index (χ0n) is 6.90. The summed E-state index contributed by atoms with van der Waals surface area (Å²) in [5.41, 5.74) is 0.787. The van der Waals surface area contributed by atoms with E-state index in [2.05, 4.69) is 5.16 Å². The molecule has 3 heteroatoms. The number of hydrogen-bond acceptors (Lipinski definition) is 3. The number of aliphatic hydroxyl groups excluding tert-OH is 1. The van der Waals surface area contributed by atoms with Crippen LogP contribution in [-0.2, 0) is 0 Å². The van der Waals surface area contributed by atoms with Gasteiger partial charge in [-0.25, -0.2) is 0 Å². The third-order valence-corrected chi connectivity index (χ3v) is 1.27. The molecule has 0 saturated heterocycles. The fourth-order valence-electron chi connectivity index (χ4n) is 0.758. The molecule has 0 unspecified atom stereocenters. The number of aromatic nitrogens is 1. The predicted molar refractivity (Wildman–Crippen MR) is 46.5 cm³/mol. The van der Waals surface area contributed by atoms with E-state index in [1.165, 1.54) is 0 Å². The van der Waals surface area contributed by atoms with Crippen LogP contribution in [0, 0.1) is 6.92 Å². The molecule has 0 aliphatic rings. The summed E-state index contributed by atoms with van der Waals surface area (Å²) in [5, 5.41) is 12.2. The van der Waals surface area contributed by atoms with Crippen LogP contribution < -0.4 is 0 Å². The Bertz CT molecular complexity index is 286. The second-order valence-electron chi connectivity index (χ2n) is 2.33. The van der Waals surface area contributed by atoms with Crippen molar-refractivity contribution in [1.82, 2.24) is 5.16 Å². The summed E-state index contributed by atoms with van der Waals surface area (Å²) < 4.78 is 4.85. The van der Waals surface area contributed by atoms with Gasteiger partial charge in [-0.15, -0.1) is 0 Å². The fraction of sp³-hybridized carbons (Fsp3) is 0.222. The Labute approximate surface area is 71.0 Å². The van der Waals surface area contributed by atoms with Crippen LogP contribution >= 0.6 is 0 Å². The van der Waals surface area contributed by atoms with E-state index >= 15 is 0 Å². The van der Waals surface area contributed by atoms with Gasteiger partial charge in [0, 0.05) is 6.07 Å². The summed E-state index contributed by atoms with van der Waals surface area (Å²) in [6, 6.07) is 1.84. The minimum Gasteiger partial charge on any atom is -0.392 e. The van der Waals surface area contributed by atoms with E-state index in [1.807, 2.05) is 19.1 Å². The standard InChI is InChI=1S/C9H11NO2/c1-8-7-9(10-12-8)5-3-2-4-6-11/h2-5,7,11H,6H2,1H3/b4-2+,5-3+. The monoisotopic (exact) mass is 165 g/mol. The smallest absolute Gasteiger partial charge is 0.134 e. The molecule has 0 aromatic carbocycles. The molecule has 0 saturated carbocycles. The highest BCUT2D eigenvalue weighted by Gasteiger charge is 1.92. The van der Waals surface area contributed by atoms with Crippen LogP contribution in [0.15, 0.2) is 28.8 Å². The molecule has 1 rings (SSSR count). The third-order valence-electron chi connectivity index (χ3n) is 1.27. The van der Waals surface area contributed by atoms with Gasteiger partial charge in [0.2, 0.25) is 0 Å². The summed E-state index contributed by atoms with van der Waals surface area (Å²) >= 11 is 0. The van der Waals surface area contributed by atoms with Crippen molar-refractivity contribution in [1.29, 1.82) is 0 Å². The molecular formula is C9H11NO2. The van der Waals surface area contributed by atoms with Gasteiger partial charge >= 0.3 is 0 Å². The lowest BCUT2D eigenvalue weighted by atomic mass is 10.3. The highest BCUT2D eigenvalue weighted by atomic mass is 16.5. The molecule has 0 atom stereocenters. The maximum Gasteiger partial charge on any atom is 0.134 e. The number of rotatable bonds is 3. The largest absolute Gasteiger partial charge is 0.392 e. The first-order chi connectivity index (χ1) is 5.83. The molecule has 0 amide bonds. The van der Waals surface area contributed by atoms with Crippen LogP contribution in [-0.4, -0.2) is 16.9 Å². The Morgan fingerprint density at radius 3 is 3.00 bits per heavy atom.